The summed E-state index contributed by atoms with van der Waals surface area (Å²) in [6, 6.07) is 0. The summed E-state index contributed by atoms with van der Waals surface area (Å²) in [6.45, 7) is 1.94. The minimum Gasteiger partial charge on any atom is -0.383 e. The van der Waals surface area contributed by atoms with Crippen LogP contribution in [0.3, 0.4) is 0 Å². The van der Waals surface area contributed by atoms with Crippen LogP contribution in [-0.4, -0.2) is 30.0 Å². The molecule has 0 radical (unpaired) electrons. The molecule has 1 N–H and O–H groups in total. The van der Waals surface area contributed by atoms with Gasteiger partial charge in [0.1, 0.15) is 0 Å². The average molecular weight is 179 g/mol. The van der Waals surface area contributed by atoms with Crippen LogP contribution in [0.15, 0.2) is 12.4 Å². The highest BCUT2D eigenvalue weighted by Crippen LogP contribution is 2.03. The second-order valence-corrected chi connectivity index (χ2v) is 2.54. The van der Waals surface area contributed by atoms with Gasteiger partial charge in [0.15, 0.2) is 0 Å². The van der Waals surface area contributed by atoms with Gasteiger partial charge in [-0.3, -0.25) is 4.68 Å². The minimum absolute atomic E-state index is 0.524. The van der Waals surface area contributed by atoms with Crippen molar-refractivity contribution in [3.8, 4) is 12.3 Å². The first-order valence-corrected chi connectivity index (χ1v) is 4.05. The molecule has 0 fully saturated rings. The maximum atomic E-state index is 5.10. The van der Waals surface area contributed by atoms with E-state index >= 15 is 0 Å². The molecule has 0 saturated carbocycles. The van der Waals surface area contributed by atoms with E-state index in [-0.39, 0.29) is 0 Å². The predicted molar refractivity (Wildman–Crippen MR) is 51.4 cm³/mol. The Balaban J connectivity index is 2.40. The van der Waals surface area contributed by atoms with Gasteiger partial charge in [-0.25, -0.2) is 0 Å². The van der Waals surface area contributed by atoms with Crippen LogP contribution >= 0.6 is 0 Å². The molecule has 1 aromatic rings. The molecule has 0 saturated heterocycles. The lowest BCUT2D eigenvalue weighted by molar-refractivity contribution is 0.183. The molecule has 0 aliphatic rings. The van der Waals surface area contributed by atoms with Crippen molar-refractivity contribution in [2.75, 3.05) is 25.6 Å². The van der Waals surface area contributed by atoms with Gasteiger partial charge in [0.25, 0.3) is 0 Å². The summed E-state index contributed by atoms with van der Waals surface area (Å²) in [5.41, 5.74) is 0.939. The Morgan fingerprint density at radius 2 is 2.62 bits per heavy atom. The lowest BCUT2D eigenvalue weighted by Gasteiger charge is -1.98. The second-order valence-electron chi connectivity index (χ2n) is 2.54. The first kappa shape index (κ1) is 9.62. The van der Waals surface area contributed by atoms with Gasteiger partial charge in [0, 0.05) is 13.3 Å². The van der Waals surface area contributed by atoms with Crippen LogP contribution < -0.4 is 5.32 Å². The van der Waals surface area contributed by atoms with Crippen LogP contribution in [0.1, 0.15) is 0 Å². The van der Waals surface area contributed by atoms with Gasteiger partial charge in [-0.2, -0.15) is 5.10 Å². The van der Waals surface area contributed by atoms with Crippen molar-refractivity contribution in [2.45, 2.75) is 6.54 Å². The fourth-order valence-electron chi connectivity index (χ4n) is 0.915. The van der Waals surface area contributed by atoms with Crippen molar-refractivity contribution in [1.29, 1.82) is 0 Å². The van der Waals surface area contributed by atoms with Gasteiger partial charge < -0.3 is 10.1 Å². The lowest BCUT2D eigenvalue weighted by Crippen LogP contribution is -2.04. The molecule has 4 heteroatoms. The lowest BCUT2D eigenvalue weighted by atomic mass is 10.5. The van der Waals surface area contributed by atoms with Crippen molar-refractivity contribution in [1.82, 2.24) is 9.78 Å². The number of terminal acetylenes is 1. The molecule has 1 rings (SSSR count). The highest BCUT2D eigenvalue weighted by atomic mass is 16.5. The molecule has 13 heavy (non-hydrogen) atoms. The molecule has 1 heterocycles. The van der Waals surface area contributed by atoms with E-state index in [1.807, 2.05) is 10.9 Å². The van der Waals surface area contributed by atoms with Gasteiger partial charge in [0.05, 0.1) is 31.6 Å². The Hall–Kier alpha value is -1.47. The molecular formula is C9H13N3O. The molecule has 0 aromatic carbocycles. The van der Waals surface area contributed by atoms with Crippen LogP contribution in [0.5, 0.6) is 0 Å². The summed E-state index contributed by atoms with van der Waals surface area (Å²) in [7, 11) is 1.67. The molecular weight excluding hydrogens is 166 g/mol. The van der Waals surface area contributed by atoms with Crippen molar-refractivity contribution >= 4 is 5.69 Å². The van der Waals surface area contributed by atoms with Crippen LogP contribution in [-0.2, 0) is 11.3 Å². The first-order valence-electron chi connectivity index (χ1n) is 4.05. The van der Waals surface area contributed by atoms with E-state index in [0.29, 0.717) is 13.2 Å². The Morgan fingerprint density at radius 3 is 3.31 bits per heavy atom. The zero-order chi connectivity index (χ0) is 9.52. The fraction of sp³-hybridized carbons (Fsp3) is 0.444. The molecule has 4 nitrogen and oxygen atoms in total. The number of anilines is 1. The van der Waals surface area contributed by atoms with Gasteiger partial charge >= 0.3 is 0 Å². The van der Waals surface area contributed by atoms with E-state index in [1.54, 1.807) is 13.3 Å². The van der Waals surface area contributed by atoms with E-state index in [1.165, 1.54) is 0 Å². The number of methoxy groups -OCH3 is 1. The number of hydrogen-bond acceptors (Lipinski definition) is 3. The number of hydrogen-bond donors (Lipinski definition) is 1. The van der Waals surface area contributed by atoms with Crippen molar-refractivity contribution in [3.63, 3.8) is 0 Å². The Labute approximate surface area is 77.9 Å². The molecule has 0 aliphatic carbocycles. The van der Waals surface area contributed by atoms with Crippen molar-refractivity contribution in [2.24, 2.45) is 0 Å². The van der Waals surface area contributed by atoms with Crippen molar-refractivity contribution in [3.05, 3.63) is 12.4 Å². The number of nitrogens with one attached hydrogen (secondary N) is 1. The third-order valence-corrected chi connectivity index (χ3v) is 1.55. The standard InChI is InChI=1S/C9H13N3O/c1-3-4-10-9-7-11-12(8-9)5-6-13-2/h1,7-8,10H,4-6H2,2H3. The molecule has 1 aromatic heterocycles. The molecule has 0 aliphatic heterocycles. The molecule has 0 bridgehead atoms. The molecule has 0 amide bonds. The Bertz CT molecular complexity index is 287. The second kappa shape index (κ2) is 5.22. The van der Waals surface area contributed by atoms with E-state index < -0.39 is 0 Å². The average Bonchev–Trinajstić information content (AvgIpc) is 2.59. The number of ether oxygens (including phenoxy) is 1. The van der Waals surface area contributed by atoms with Crippen molar-refractivity contribution < 1.29 is 4.74 Å². The molecule has 0 spiro atoms. The maximum absolute atomic E-state index is 5.10. The molecule has 0 atom stereocenters. The van der Waals surface area contributed by atoms with Crippen LogP contribution in [0.25, 0.3) is 0 Å². The number of aromatic nitrogens is 2. The Morgan fingerprint density at radius 1 is 1.77 bits per heavy atom. The third kappa shape index (κ3) is 3.18. The predicted octanol–water partition coefficient (Wildman–Crippen LogP) is 0.575. The third-order valence-electron chi connectivity index (χ3n) is 1.55. The summed E-state index contributed by atoms with van der Waals surface area (Å²) in [5, 5.41) is 7.14. The topological polar surface area (TPSA) is 39.1 Å². The smallest absolute Gasteiger partial charge is 0.0764 e. The monoisotopic (exact) mass is 179 g/mol. The molecule has 70 valence electrons. The maximum Gasteiger partial charge on any atom is 0.0764 e. The first-order chi connectivity index (χ1) is 6.36. The number of rotatable bonds is 5. The largest absolute Gasteiger partial charge is 0.383 e. The van der Waals surface area contributed by atoms with Gasteiger partial charge in [-0.15, -0.1) is 6.42 Å². The summed E-state index contributed by atoms with van der Waals surface area (Å²) < 4.78 is 6.73. The van der Waals surface area contributed by atoms with Gasteiger partial charge in [-0.1, -0.05) is 5.92 Å². The minimum atomic E-state index is 0.524. The van der Waals surface area contributed by atoms with E-state index in [9.17, 15) is 0 Å². The normalized spacial score (nSPS) is 9.54. The quantitative estimate of drug-likeness (QED) is 0.672. The summed E-state index contributed by atoms with van der Waals surface area (Å²) in [6.07, 6.45) is 8.75. The SMILES string of the molecule is C#CCNc1cnn(CCOC)c1. The highest BCUT2D eigenvalue weighted by Gasteiger charge is 1.95. The summed E-state index contributed by atoms with van der Waals surface area (Å²) >= 11 is 0. The van der Waals surface area contributed by atoms with E-state index in [0.717, 1.165) is 12.2 Å². The van der Waals surface area contributed by atoms with Crippen LogP contribution in [0, 0.1) is 12.3 Å². The van der Waals surface area contributed by atoms with Crippen LogP contribution in [0.4, 0.5) is 5.69 Å². The zero-order valence-electron chi connectivity index (χ0n) is 7.66. The number of nitrogens with zero attached hydrogens (tertiary/aromatic N) is 2. The highest BCUT2D eigenvalue weighted by molar-refractivity contribution is 5.39. The van der Waals surface area contributed by atoms with Gasteiger partial charge in [0.2, 0.25) is 0 Å². The zero-order valence-corrected chi connectivity index (χ0v) is 7.66. The van der Waals surface area contributed by atoms with E-state index in [2.05, 4.69) is 16.3 Å². The van der Waals surface area contributed by atoms with Gasteiger partial charge in [-0.05, 0) is 0 Å². The summed E-state index contributed by atoms with van der Waals surface area (Å²) in [4.78, 5) is 0. The van der Waals surface area contributed by atoms with E-state index in [4.69, 9.17) is 11.2 Å². The summed E-state index contributed by atoms with van der Waals surface area (Å²) in [5.74, 6) is 2.50. The fourth-order valence-corrected chi connectivity index (χ4v) is 0.915. The van der Waals surface area contributed by atoms with Crippen LogP contribution in [0.2, 0.25) is 0 Å². The Kier molecular flexibility index (Phi) is 3.86. The molecule has 0 unspecified atom stereocenters.